The van der Waals surface area contributed by atoms with Crippen LogP contribution in [0.2, 0.25) is 0 Å². The maximum atomic E-state index is 15.6. The number of piperazine rings is 1. The van der Waals surface area contributed by atoms with Crippen LogP contribution in [0.1, 0.15) is 82.9 Å². The van der Waals surface area contributed by atoms with Gasteiger partial charge in [-0.05, 0) is 115 Å². The van der Waals surface area contributed by atoms with Gasteiger partial charge in [-0.3, -0.25) is 39.2 Å². The zero-order valence-corrected chi connectivity index (χ0v) is 33.8. The first-order chi connectivity index (χ1) is 29.1. The van der Waals surface area contributed by atoms with E-state index in [1.807, 2.05) is 35.2 Å². The van der Waals surface area contributed by atoms with Gasteiger partial charge in [0.25, 0.3) is 11.8 Å². The molecule has 4 aromatic rings. The number of rotatable bonds is 12. The number of hydrogen-bond acceptors (Lipinski definition) is 9. The van der Waals surface area contributed by atoms with Gasteiger partial charge in [-0.1, -0.05) is 61.5 Å². The highest BCUT2D eigenvalue weighted by Crippen LogP contribution is 2.40. The second kappa shape index (κ2) is 16.7. The van der Waals surface area contributed by atoms with Gasteiger partial charge in [0.15, 0.2) is 0 Å². The number of ether oxygens (including phenoxy) is 1. The molecule has 5 fully saturated rings. The molecule has 6 aliphatic rings. The van der Waals surface area contributed by atoms with E-state index in [0.717, 1.165) is 85.3 Å². The number of allylic oxidation sites excluding steroid dienone is 1. The molecule has 2 bridgehead atoms. The summed E-state index contributed by atoms with van der Waals surface area (Å²) in [7, 11) is 0. The number of piperidine rings is 3. The van der Waals surface area contributed by atoms with Crippen molar-refractivity contribution < 1.29 is 33.4 Å². The van der Waals surface area contributed by atoms with E-state index in [0.29, 0.717) is 43.4 Å². The zero-order chi connectivity index (χ0) is 41.5. The van der Waals surface area contributed by atoms with E-state index in [2.05, 4.69) is 58.4 Å². The third kappa shape index (κ3) is 7.70. The number of carbonyl (C=O) groups is 4. The van der Waals surface area contributed by atoms with Crippen LogP contribution in [-0.2, 0) is 9.59 Å². The smallest absolute Gasteiger partial charge is 0.262 e. The van der Waals surface area contributed by atoms with Crippen LogP contribution in [-0.4, -0.2) is 107 Å². The number of aromatic hydroxyl groups is 1. The van der Waals surface area contributed by atoms with Gasteiger partial charge in [0.05, 0.1) is 16.8 Å². The highest BCUT2D eigenvalue weighted by atomic mass is 19.1. The lowest BCUT2D eigenvalue weighted by atomic mass is 9.84. The Bertz CT molecular complexity index is 2310. The van der Waals surface area contributed by atoms with E-state index in [-0.39, 0.29) is 29.7 Å². The second-order valence-corrected chi connectivity index (χ2v) is 16.7. The van der Waals surface area contributed by atoms with E-state index >= 15 is 4.39 Å². The van der Waals surface area contributed by atoms with Crippen molar-refractivity contribution >= 4 is 40.5 Å². The third-order valence-corrected chi connectivity index (χ3v) is 13.1. The minimum absolute atomic E-state index is 0.0291. The topological polar surface area (TPSA) is 123 Å². The fourth-order valence-electron chi connectivity index (χ4n) is 9.91. The molecule has 4 aromatic carbocycles. The number of carbonyl (C=O) groups excluding carboxylic acids is 4. The molecule has 0 saturated carbocycles. The molecule has 5 saturated heterocycles. The summed E-state index contributed by atoms with van der Waals surface area (Å²) in [5.41, 5.74) is 6.08. The van der Waals surface area contributed by atoms with Crippen molar-refractivity contribution in [3.63, 3.8) is 0 Å². The standard InChI is InChI=1S/C48H50FN5O6/c1-2-38(31-6-4-3-5-7-31)45(32-8-12-36(55)13-9-32)33-10-14-37(15-11-33)60-23-22-51-20-18-30(19-21-51)27-53-34-24-35(53)29-52(28-34)43-26-40-39(25-41(43)49)47(58)54(48(40)59)42-16-17-44(56)50-46(42)57/h3-15,25-26,30,34-35,42,55H,2,16-24,27-29H2,1H3,(H,50,56,57). The number of nitrogens with one attached hydrogen (secondary N) is 1. The lowest BCUT2D eigenvalue weighted by molar-refractivity contribution is -0.136. The van der Waals surface area contributed by atoms with Crippen molar-refractivity contribution in [3.05, 3.63) is 125 Å². The van der Waals surface area contributed by atoms with Crippen molar-refractivity contribution in [1.29, 1.82) is 0 Å². The number of nitrogens with zero attached hydrogens (tertiary/aromatic N) is 4. The highest BCUT2D eigenvalue weighted by molar-refractivity contribution is 6.23. The van der Waals surface area contributed by atoms with E-state index < -0.39 is 35.5 Å². The highest BCUT2D eigenvalue weighted by Gasteiger charge is 2.48. The number of fused-ring (bicyclic) bond motifs is 3. The molecule has 0 aliphatic carbocycles. The van der Waals surface area contributed by atoms with E-state index in [4.69, 9.17) is 4.74 Å². The van der Waals surface area contributed by atoms with E-state index in [1.54, 1.807) is 12.1 Å². The Morgan fingerprint density at radius 1 is 0.817 bits per heavy atom. The van der Waals surface area contributed by atoms with E-state index in [1.165, 1.54) is 17.2 Å². The SMILES string of the molecule is CCC(=C(c1ccc(O)cc1)c1ccc(OCCN2CCC(CN3C4CC3CN(c3cc5c(cc3F)C(=O)N(C3CCC(=O)NC3=O)C5=O)C4)CC2)cc1)c1ccccc1. The molecule has 0 radical (unpaired) electrons. The van der Waals surface area contributed by atoms with Crippen LogP contribution in [0.15, 0.2) is 91.0 Å². The monoisotopic (exact) mass is 811 g/mol. The number of halogens is 1. The quantitative estimate of drug-likeness (QED) is 0.125. The minimum Gasteiger partial charge on any atom is -0.508 e. The van der Waals surface area contributed by atoms with Crippen LogP contribution < -0.4 is 15.0 Å². The molecule has 310 valence electrons. The molecule has 10 rings (SSSR count). The molecule has 12 heteroatoms. The first-order valence-corrected chi connectivity index (χ1v) is 21.2. The maximum Gasteiger partial charge on any atom is 0.262 e. The molecule has 60 heavy (non-hydrogen) atoms. The average molecular weight is 812 g/mol. The molecule has 3 atom stereocenters. The molecular weight excluding hydrogens is 762 g/mol. The molecule has 0 aromatic heterocycles. The van der Waals surface area contributed by atoms with Crippen molar-refractivity contribution in [1.82, 2.24) is 20.0 Å². The lowest BCUT2D eigenvalue weighted by Crippen LogP contribution is -2.69. The summed E-state index contributed by atoms with van der Waals surface area (Å²) in [6.45, 7) is 7.98. The maximum absolute atomic E-state index is 15.6. The molecule has 6 aliphatic heterocycles. The first-order valence-electron chi connectivity index (χ1n) is 21.2. The van der Waals surface area contributed by atoms with Crippen molar-refractivity contribution in [3.8, 4) is 11.5 Å². The Balaban J connectivity index is 0.754. The molecule has 0 spiro atoms. The van der Waals surface area contributed by atoms with Crippen LogP contribution in [0.4, 0.5) is 10.1 Å². The molecular formula is C48H50FN5O6. The van der Waals surface area contributed by atoms with Gasteiger partial charge in [0.2, 0.25) is 11.8 Å². The Labute approximate surface area is 349 Å². The number of hydrogen-bond donors (Lipinski definition) is 2. The summed E-state index contributed by atoms with van der Waals surface area (Å²) in [4.78, 5) is 58.6. The van der Waals surface area contributed by atoms with Crippen LogP contribution in [0.3, 0.4) is 0 Å². The number of benzene rings is 4. The molecule has 3 unspecified atom stereocenters. The van der Waals surface area contributed by atoms with Gasteiger partial charge in [-0.2, -0.15) is 0 Å². The van der Waals surface area contributed by atoms with E-state index in [9.17, 15) is 24.3 Å². The van der Waals surface area contributed by atoms with Crippen molar-refractivity contribution in [2.45, 2.75) is 63.6 Å². The van der Waals surface area contributed by atoms with Crippen LogP contribution in [0.25, 0.3) is 11.1 Å². The number of likely N-dealkylation sites (tertiary alicyclic amines) is 1. The number of amides is 4. The zero-order valence-electron chi connectivity index (χ0n) is 33.8. The summed E-state index contributed by atoms with van der Waals surface area (Å²) >= 11 is 0. The lowest BCUT2D eigenvalue weighted by Gasteiger charge is -2.58. The molecule has 6 heterocycles. The van der Waals surface area contributed by atoms with Crippen molar-refractivity contribution in [2.75, 3.05) is 50.8 Å². The summed E-state index contributed by atoms with van der Waals surface area (Å²) in [5.74, 6) is -1.34. The number of phenols is 1. The Hall–Kier alpha value is -5.85. The Morgan fingerprint density at radius 2 is 1.47 bits per heavy atom. The minimum atomic E-state index is -1.09. The summed E-state index contributed by atoms with van der Waals surface area (Å²) in [6.07, 6.45) is 4.22. The molecule has 4 amide bonds. The fourth-order valence-corrected chi connectivity index (χ4v) is 9.91. The molecule has 11 nitrogen and oxygen atoms in total. The van der Waals surface area contributed by atoms with Gasteiger partial charge in [0, 0.05) is 44.7 Å². The predicted octanol–water partition coefficient (Wildman–Crippen LogP) is 6.36. The van der Waals surface area contributed by atoms with Crippen LogP contribution in [0, 0.1) is 11.7 Å². The average Bonchev–Trinajstić information content (AvgIpc) is 3.50. The molecule has 2 N–H and O–H groups in total. The van der Waals surface area contributed by atoms with Gasteiger partial charge in [-0.15, -0.1) is 0 Å². The van der Waals surface area contributed by atoms with Crippen LogP contribution in [0.5, 0.6) is 11.5 Å². The number of phenolic OH excluding ortho intramolecular Hbond substituents is 1. The van der Waals surface area contributed by atoms with Crippen LogP contribution >= 0.6 is 0 Å². The first kappa shape index (κ1) is 39.6. The third-order valence-electron chi connectivity index (χ3n) is 13.1. The Morgan fingerprint density at radius 3 is 2.12 bits per heavy atom. The number of imide groups is 2. The fraction of sp³-hybridized carbons (Fsp3) is 0.375. The normalized spacial score (nSPS) is 22.7. The number of anilines is 1. The largest absolute Gasteiger partial charge is 0.508 e. The van der Waals surface area contributed by atoms with Gasteiger partial charge in [-0.25, -0.2) is 4.39 Å². The second-order valence-electron chi connectivity index (χ2n) is 16.7. The van der Waals surface area contributed by atoms with Crippen molar-refractivity contribution in [2.24, 2.45) is 5.92 Å². The predicted molar refractivity (Wildman–Crippen MR) is 226 cm³/mol. The summed E-state index contributed by atoms with van der Waals surface area (Å²) in [6, 6.07) is 28.3. The van der Waals surface area contributed by atoms with Gasteiger partial charge < -0.3 is 14.7 Å². The summed E-state index contributed by atoms with van der Waals surface area (Å²) < 4.78 is 21.8. The summed E-state index contributed by atoms with van der Waals surface area (Å²) in [5, 5.41) is 12.2. The van der Waals surface area contributed by atoms with Gasteiger partial charge in [0.1, 0.15) is 30.0 Å². The Kier molecular flexibility index (Phi) is 11.0. The van der Waals surface area contributed by atoms with Gasteiger partial charge >= 0.3 is 0 Å².